The lowest BCUT2D eigenvalue weighted by molar-refractivity contribution is -0.140. The number of carbonyl (C=O) groups is 2. The Morgan fingerprint density at radius 1 is 0.889 bits per heavy atom. The van der Waals surface area contributed by atoms with Gasteiger partial charge in [0.05, 0.1) is 29.6 Å². The summed E-state index contributed by atoms with van der Waals surface area (Å²) in [6, 6.07) is 27.1. The number of carbonyl (C=O) groups excluding carboxylic acids is 1. The van der Waals surface area contributed by atoms with Crippen molar-refractivity contribution in [2.75, 3.05) is 11.5 Å². The SMILES string of the molecule is CCOC(=O)N(c1ccccc1)c1cnccc1-c1ccc(-c2ccc(C3(C(=O)O)CC3)cc2)cc1. The molecule has 36 heavy (non-hydrogen) atoms. The first-order valence-corrected chi connectivity index (χ1v) is 11.9. The van der Waals surface area contributed by atoms with E-state index in [1.807, 2.05) is 84.9 Å². The van der Waals surface area contributed by atoms with Crippen molar-refractivity contribution in [3.63, 3.8) is 0 Å². The number of nitrogens with zero attached hydrogens (tertiary/aromatic N) is 2. The standard InChI is InChI=1S/C30H26N2O4/c1-2-36-29(35)32(25-6-4-3-5-7-25)27-20-31-19-16-26(27)23-10-8-21(9-11-23)22-12-14-24(15-13-22)30(17-18-30)28(33)34/h3-16,19-20H,2,17-18H2,1H3,(H,33,34). The quantitative estimate of drug-likeness (QED) is 0.315. The van der Waals surface area contributed by atoms with Crippen LogP contribution in [0.4, 0.5) is 16.2 Å². The highest BCUT2D eigenvalue weighted by Gasteiger charge is 2.51. The molecule has 180 valence electrons. The van der Waals surface area contributed by atoms with E-state index in [9.17, 15) is 14.7 Å². The molecule has 1 aliphatic rings. The third kappa shape index (κ3) is 4.33. The van der Waals surface area contributed by atoms with Crippen molar-refractivity contribution in [3.8, 4) is 22.3 Å². The van der Waals surface area contributed by atoms with E-state index >= 15 is 0 Å². The number of carboxylic acid groups (broad SMARTS) is 1. The Hall–Kier alpha value is -4.45. The molecule has 1 amide bonds. The zero-order valence-electron chi connectivity index (χ0n) is 19.9. The number of carboxylic acids is 1. The highest BCUT2D eigenvalue weighted by atomic mass is 16.6. The second-order valence-corrected chi connectivity index (χ2v) is 8.80. The number of aromatic nitrogens is 1. The minimum Gasteiger partial charge on any atom is -0.481 e. The Bertz CT molecular complexity index is 1380. The second kappa shape index (κ2) is 9.66. The van der Waals surface area contributed by atoms with Gasteiger partial charge in [0.1, 0.15) is 0 Å². The van der Waals surface area contributed by atoms with Crippen molar-refractivity contribution >= 4 is 23.4 Å². The first-order valence-electron chi connectivity index (χ1n) is 11.9. The van der Waals surface area contributed by atoms with E-state index in [0.717, 1.165) is 27.8 Å². The molecular formula is C30H26N2O4. The zero-order chi connectivity index (χ0) is 25.1. The van der Waals surface area contributed by atoms with E-state index in [1.165, 1.54) is 4.90 Å². The van der Waals surface area contributed by atoms with E-state index in [0.29, 0.717) is 24.2 Å². The molecule has 5 rings (SSSR count). The van der Waals surface area contributed by atoms with Crippen molar-refractivity contribution in [3.05, 3.63) is 103 Å². The average molecular weight is 479 g/mol. The zero-order valence-corrected chi connectivity index (χ0v) is 19.9. The smallest absolute Gasteiger partial charge is 0.419 e. The Balaban J connectivity index is 1.46. The molecule has 1 heterocycles. The molecule has 0 saturated heterocycles. The molecule has 0 aliphatic heterocycles. The Kier molecular flexibility index (Phi) is 6.25. The summed E-state index contributed by atoms with van der Waals surface area (Å²) in [7, 11) is 0. The van der Waals surface area contributed by atoms with E-state index in [2.05, 4.69) is 4.98 Å². The lowest BCUT2D eigenvalue weighted by Crippen LogP contribution is -2.27. The van der Waals surface area contributed by atoms with Gasteiger partial charge >= 0.3 is 12.1 Å². The van der Waals surface area contributed by atoms with Crippen LogP contribution in [0.25, 0.3) is 22.3 Å². The number of para-hydroxylation sites is 1. The number of rotatable bonds is 7. The maximum absolute atomic E-state index is 13.0. The van der Waals surface area contributed by atoms with Gasteiger partial charge < -0.3 is 9.84 Å². The van der Waals surface area contributed by atoms with E-state index in [1.54, 1.807) is 19.3 Å². The van der Waals surface area contributed by atoms with Crippen LogP contribution in [0.2, 0.25) is 0 Å². The fourth-order valence-electron chi connectivity index (χ4n) is 4.49. The molecule has 1 aliphatic carbocycles. The van der Waals surface area contributed by atoms with Crippen molar-refractivity contribution in [2.45, 2.75) is 25.2 Å². The second-order valence-electron chi connectivity index (χ2n) is 8.80. The van der Waals surface area contributed by atoms with Gasteiger partial charge in [-0.1, -0.05) is 66.7 Å². The van der Waals surface area contributed by atoms with Gasteiger partial charge in [-0.25, -0.2) is 9.69 Å². The van der Waals surface area contributed by atoms with Gasteiger partial charge in [-0.3, -0.25) is 9.78 Å². The molecular weight excluding hydrogens is 452 g/mol. The van der Waals surface area contributed by atoms with Crippen LogP contribution >= 0.6 is 0 Å². The summed E-state index contributed by atoms with van der Waals surface area (Å²) in [5, 5.41) is 9.54. The molecule has 6 heteroatoms. The van der Waals surface area contributed by atoms with Gasteiger partial charge in [0.25, 0.3) is 0 Å². The monoisotopic (exact) mass is 478 g/mol. The number of anilines is 2. The highest BCUT2D eigenvalue weighted by molar-refractivity contribution is 6.00. The van der Waals surface area contributed by atoms with E-state index in [4.69, 9.17) is 4.74 Å². The van der Waals surface area contributed by atoms with Crippen LogP contribution in [0.3, 0.4) is 0 Å². The Morgan fingerprint density at radius 3 is 2.08 bits per heavy atom. The number of hydrogen-bond donors (Lipinski definition) is 1. The van der Waals surface area contributed by atoms with Crippen LogP contribution < -0.4 is 4.90 Å². The number of aliphatic carboxylic acids is 1. The lowest BCUT2D eigenvalue weighted by atomic mass is 9.93. The van der Waals surface area contributed by atoms with Crippen molar-refractivity contribution in [2.24, 2.45) is 0 Å². The molecule has 0 spiro atoms. The summed E-state index contributed by atoms with van der Waals surface area (Å²) in [6.45, 7) is 2.04. The van der Waals surface area contributed by atoms with Gasteiger partial charge in [0.15, 0.2) is 0 Å². The maximum Gasteiger partial charge on any atom is 0.419 e. The summed E-state index contributed by atoms with van der Waals surface area (Å²) in [4.78, 5) is 30.4. The van der Waals surface area contributed by atoms with Gasteiger partial charge in [-0.15, -0.1) is 0 Å². The molecule has 0 radical (unpaired) electrons. The number of ether oxygens (including phenoxy) is 1. The van der Waals surface area contributed by atoms with Crippen molar-refractivity contribution < 1.29 is 19.4 Å². The first kappa shape index (κ1) is 23.3. The third-order valence-electron chi connectivity index (χ3n) is 6.63. The van der Waals surface area contributed by atoms with Crippen LogP contribution in [0.1, 0.15) is 25.3 Å². The van der Waals surface area contributed by atoms with Crippen molar-refractivity contribution in [1.29, 1.82) is 0 Å². The Morgan fingerprint density at radius 2 is 1.50 bits per heavy atom. The van der Waals surface area contributed by atoms with Crippen LogP contribution in [-0.2, 0) is 14.9 Å². The highest BCUT2D eigenvalue weighted by Crippen LogP contribution is 2.48. The fraction of sp³-hybridized carbons (Fsp3) is 0.167. The fourth-order valence-corrected chi connectivity index (χ4v) is 4.49. The number of benzene rings is 3. The summed E-state index contributed by atoms with van der Waals surface area (Å²) >= 11 is 0. The molecule has 0 bridgehead atoms. The van der Waals surface area contributed by atoms with Crippen molar-refractivity contribution in [1.82, 2.24) is 4.98 Å². The summed E-state index contributed by atoms with van der Waals surface area (Å²) < 4.78 is 5.36. The van der Waals surface area contributed by atoms with Gasteiger partial charge in [-0.05, 0) is 60.2 Å². The summed E-state index contributed by atoms with van der Waals surface area (Å²) in [5.74, 6) is -0.750. The molecule has 1 saturated carbocycles. The minimum atomic E-state index is -0.750. The minimum absolute atomic E-state index is 0.263. The molecule has 3 aromatic carbocycles. The predicted molar refractivity (Wildman–Crippen MR) is 139 cm³/mol. The normalized spacial score (nSPS) is 13.6. The largest absolute Gasteiger partial charge is 0.481 e. The average Bonchev–Trinajstić information content (AvgIpc) is 3.73. The summed E-state index contributed by atoms with van der Waals surface area (Å²) in [6.07, 6.45) is 4.29. The molecule has 4 aromatic rings. The third-order valence-corrected chi connectivity index (χ3v) is 6.63. The summed E-state index contributed by atoms with van der Waals surface area (Å²) in [5.41, 5.74) is 5.28. The van der Waals surface area contributed by atoms with Gasteiger partial charge in [0, 0.05) is 11.8 Å². The van der Waals surface area contributed by atoms with Crippen LogP contribution in [0, 0.1) is 0 Å². The van der Waals surface area contributed by atoms with Crippen LogP contribution in [0.15, 0.2) is 97.3 Å². The van der Waals surface area contributed by atoms with Gasteiger partial charge in [-0.2, -0.15) is 0 Å². The van der Waals surface area contributed by atoms with E-state index in [-0.39, 0.29) is 6.61 Å². The van der Waals surface area contributed by atoms with Crippen LogP contribution in [0.5, 0.6) is 0 Å². The molecule has 1 aromatic heterocycles. The molecule has 0 atom stereocenters. The Labute approximate surface area is 209 Å². The number of hydrogen-bond acceptors (Lipinski definition) is 4. The van der Waals surface area contributed by atoms with E-state index < -0.39 is 17.5 Å². The van der Waals surface area contributed by atoms with Gasteiger partial charge in [0.2, 0.25) is 0 Å². The van der Waals surface area contributed by atoms with Crippen LogP contribution in [-0.4, -0.2) is 28.8 Å². The number of pyridine rings is 1. The lowest BCUT2D eigenvalue weighted by Gasteiger charge is -2.24. The molecule has 1 N–H and O–H groups in total. The molecule has 1 fully saturated rings. The molecule has 6 nitrogen and oxygen atoms in total. The first-order chi connectivity index (χ1) is 17.5. The predicted octanol–water partition coefficient (Wildman–Crippen LogP) is 6.83. The number of amides is 1. The maximum atomic E-state index is 13.0. The molecule has 0 unspecified atom stereocenters. The topological polar surface area (TPSA) is 79.7 Å².